The van der Waals surface area contributed by atoms with Crippen molar-refractivity contribution in [3.05, 3.63) is 24.3 Å². The summed E-state index contributed by atoms with van der Waals surface area (Å²) in [6.45, 7) is 1.15. The summed E-state index contributed by atoms with van der Waals surface area (Å²) in [7, 11) is -3.82. The fourth-order valence-corrected chi connectivity index (χ4v) is 4.81. The molecule has 0 N–H and O–H groups in total. The number of aliphatic imine (C=N–C) groups is 1. The van der Waals surface area contributed by atoms with E-state index in [-0.39, 0.29) is 23.9 Å². The van der Waals surface area contributed by atoms with Crippen LogP contribution in [-0.2, 0) is 14.8 Å². The van der Waals surface area contributed by atoms with Crippen LogP contribution in [0.25, 0.3) is 0 Å². The zero-order valence-electron chi connectivity index (χ0n) is 13.3. The van der Waals surface area contributed by atoms with Gasteiger partial charge in [0.2, 0.25) is 10.0 Å². The lowest BCUT2D eigenvalue weighted by atomic mass is 10.3. The molecule has 0 radical (unpaired) electrons. The highest BCUT2D eigenvalue weighted by Crippen LogP contribution is 2.26. The third-order valence-electron chi connectivity index (χ3n) is 3.75. The summed E-state index contributed by atoms with van der Waals surface area (Å²) in [5.41, 5.74) is 0. The molecule has 142 valence electrons. The summed E-state index contributed by atoms with van der Waals surface area (Å²) in [6.07, 6.45) is -4.83. The molecule has 2 aliphatic rings. The average molecular weight is 409 g/mol. The van der Waals surface area contributed by atoms with Crippen LogP contribution in [0.3, 0.4) is 0 Å². The molecule has 2 aliphatic heterocycles. The number of benzene rings is 1. The minimum atomic E-state index is -4.83. The molecule has 2 heterocycles. The van der Waals surface area contributed by atoms with Crippen molar-refractivity contribution >= 4 is 32.9 Å². The van der Waals surface area contributed by atoms with Crippen molar-refractivity contribution in [3.63, 3.8) is 0 Å². The van der Waals surface area contributed by atoms with E-state index in [4.69, 9.17) is 0 Å². The topological polar surface area (TPSA) is 79.3 Å². The molecule has 7 nitrogen and oxygen atoms in total. The average Bonchev–Trinajstić information content (AvgIpc) is 3.00. The summed E-state index contributed by atoms with van der Waals surface area (Å²) in [6, 6.07) is 4.09. The number of amidine groups is 1. The van der Waals surface area contributed by atoms with Crippen molar-refractivity contribution in [3.8, 4) is 5.75 Å². The van der Waals surface area contributed by atoms with Crippen LogP contribution >= 0.6 is 11.8 Å². The van der Waals surface area contributed by atoms with E-state index in [1.54, 1.807) is 0 Å². The first kappa shape index (κ1) is 19.0. The first-order valence-electron chi connectivity index (χ1n) is 7.50. The van der Waals surface area contributed by atoms with Crippen LogP contribution in [0.15, 0.2) is 34.2 Å². The zero-order chi connectivity index (χ0) is 18.9. The molecular formula is C14H14F3N3O4S2. The van der Waals surface area contributed by atoms with Gasteiger partial charge in [0.05, 0.1) is 10.6 Å². The number of nitrogens with zero attached hydrogens (tertiary/aromatic N) is 3. The molecule has 12 heteroatoms. The zero-order valence-corrected chi connectivity index (χ0v) is 14.9. The SMILES string of the molecule is O=C1CSC(N2CCN(S(=O)(=O)c3ccc(OC(F)(F)F)cc3)CC2)=N1. The largest absolute Gasteiger partial charge is 0.573 e. The van der Waals surface area contributed by atoms with Gasteiger partial charge in [-0.25, -0.2) is 8.42 Å². The van der Waals surface area contributed by atoms with Crippen LogP contribution in [-0.4, -0.2) is 67.0 Å². The minimum Gasteiger partial charge on any atom is -0.406 e. The molecule has 0 spiro atoms. The van der Waals surface area contributed by atoms with Gasteiger partial charge < -0.3 is 9.64 Å². The lowest BCUT2D eigenvalue weighted by Gasteiger charge is -2.34. The number of halogens is 3. The monoisotopic (exact) mass is 409 g/mol. The van der Waals surface area contributed by atoms with E-state index in [1.807, 2.05) is 4.90 Å². The Balaban J connectivity index is 1.65. The second-order valence-electron chi connectivity index (χ2n) is 5.49. The molecule has 0 atom stereocenters. The van der Waals surface area contributed by atoms with Crippen molar-refractivity contribution in [1.29, 1.82) is 0 Å². The number of amides is 1. The highest BCUT2D eigenvalue weighted by molar-refractivity contribution is 8.14. The first-order valence-corrected chi connectivity index (χ1v) is 9.93. The maximum Gasteiger partial charge on any atom is 0.573 e. The van der Waals surface area contributed by atoms with Crippen LogP contribution in [0.5, 0.6) is 5.75 Å². The lowest BCUT2D eigenvalue weighted by molar-refractivity contribution is -0.274. The predicted octanol–water partition coefficient (Wildman–Crippen LogP) is 1.52. The van der Waals surface area contributed by atoms with Crippen LogP contribution < -0.4 is 4.74 Å². The number of ether oxygens (including phenoxy) is 1. The van der Waals surface area contributed by atoms with E-state index in [1.165, 1.54) is 16.1 Å². The van der Waals surface area contributed by atoms with Crippen LogP contribution in [0.4, 0.5) is 13.2 Å². The highest BCUT2D eigenvalue weighted by atomic mass is 32.2. The number of thioether (sulfide) groups is 1. The number of carbonyl (C=O) groups is 1. The fraction of sp³-hybridized carbons (Fsp3) is 0.429. The fourth-order valence-electron chi connectivity index (χ4n) is 2.54. The van der Waals surface area contributed by atoms with E-state index in [0.717, 1.165) is 24.3 Å². The van der Waals surface area contributed by atoms with Gasteiger partial charge in [0.15, 0.2) is 5.17 Å². The lowest BCUT2D eigenvalue weighted by Crippen LogP contribution is -2.49. The van der Waals surface area contributed by atoms with Gasteiger partial charge in [-0.3, -0.25) is 4.79 Å². The Morgan fingerprint density at radius 3 is 2.19 bits per heavy atom. The Kier molecular flexibility index (Phi) is 5.17. The molecular weight excluding hydrogens is 395 g/mol. The Morgan fingerprint density at radius 1 is 1.08 bits per heavy atom. The molecule has 1 aromatic rings. The predicted molar refractivity (Wildman–Crippen MR) is 88.4 cm³/mol. The number of alkyl halides is 3. The van der Waals surface area contributed by atoms with Crippen molar-refractivity contribution in [2.75, 3.05) is 31.9 Å². The number of sulfonamides is 1. The summed E-state index contributed by atoms with van der Waals surface area (Å²) in [5, 5.41) is 0.598. The number of hydrogen-bond donors (Lipinski definition) is 0. The maximum atomic E-state index is 12.6. The second kappa shape index (κ2) is 7.08. The van der Waals surface area contributed by atoms with Crippen LogP contribution in [0.1, 0.15) is 0 Å². The molecule has 3 rings (SSSR count). The summed E-state index contributed by atoms with van der Waals surface area (Å²) < 4.78 is 66.7. The molecule has 0 unspecified atom stereocenters. The Labute approximate surface area is 151 Å². The molecule has 1 aromatic carbocycles. The van der Waals surface area contributed by atoms with Crippen molar-refractivity contribution in [2.24, 2.45) is 4.99 Å². The molecule has 0 saturated carbocycles. The normalized spacial score (nSPS) is 19.6. The van der Waals surface area contributed by atoms with Crippen LogP contribution in [0, 0.1) is 0 Å². The Morgan fingerprint density at radius 2 is 1.69 bits per heavy atom. The molecule has 1 fully saturated rings. The van der Waals surface area contributed by atoms with E-state index in [0.29, 0.717) is 24.0 Å². The standard InChI is InChI=1S/C14H14F3N3O4S2/c15-14(16,17)24-10-1-3-11(4-2-10)26(22,23)20-7-5-19(6-8-20)13-18-12(21)9-25-13/h1-4H,5-9H2. The highest BCUT2D eigenvalue weighted by Gasteiger charge is 2.33. The summed E-state index contributed by atoms with van der Waals surface area (Å²) in [5.74, 6) is -0.399. The summed E-state index contributed by atoms with van der Waals surface area (Å²) >= 11 is 1.32. The molecule has 0 aromatic heterocycles. The molecule has 1 amide bonds. The Hall–Kier alpha value is -1.79. The third-order valence-corrected chi connectivity index (χ3v) is 6.66. The van der Waals surface area contributed by atoms with Gasteiger partial charge in [-0.2, -0.15) is 9.30 Å². The smallest absolute Gasteiger partial charge is 0.406 e. The quantitative estimate of drug-likeness (QED) is 0.753. The second-order valence-corrected chi connectivity index (χ2v) is 8.37. The molecule has 26 heavy (non-hydrogen) atoms. The van der Waals surface area contributed by atoms with Crippen molar-refractivity contribution < 1.29 is 31.1 Å². The van der Waals surface area contributed by atoms with Gasteiger partial charge in [-0.1, -0.05) is 11.8 Å². The van der Waals surface area contributed by atoms with Crippen LogP contribution in [0.2, 0.25) is 0 Å². The number of rotatable bonds is 3. The van der Waals surface area contributed by atoms with E-state index in [9.17, 15) is 26.4 Å². The van der Waals surface area contributed by atoms with Gasteiger partial charge >= 0.3 is 6.36 Å². The maximum absolute atomic E-state index is 12.6. The number of hydrogen-bond acceptors (Lipinski definition) is 6. The van der Waals surface area contributed by atoms with Gasteiger partial charge in [-0.05, 0) is 24.3 Å². The summed E-state index contributed by atoms with van der Waals surface area (Å²) in [4.78, 5) is 16.8. The third kappa shape index (κ3) is 4.30. The van der Waals surface area contributed by atoms with Gasteiger partial charge in [0.1, 0.15) is 5.75 Å². The van der Waals surface area contributed by atoms with E-state index < -0.39 is 22.1 Å². The minimum absolute atomic E-state index is 0.108. The number of piperazine rings is 1. The molecule has 1 saturated heterocycles. The van der Waals surface area contributed by atoms with E-state index >= 15 is 0 Å². The molecule has 0 bridgehead atoms. The van der Waals surface area contributed by atoms with Crippen molar-refractivity contribution in [1.82, 2.24) is 9.21 Å². The van der Waals surface area contributed by atoms with E-state index in [2.05, 4.69) is 9.73 Å². The van der Waals surface area contributed by atoms with Gasteiger partial charge in [0, 0.05) is 26.2 Å². The van der Waals surface area contributed by atoms with Gasteiger partial charge in [-0.15, -0.1) is 13.2 Å². The first-order chi connectivity index (χ1) is 12.1. The van der Waals surface area contributed by atoms with Crippen molar-refractivity contribution in [2.45, 2.75) is 11.3 Å². The van der Waals surface area contributed by atoms with Gasteiger partial charge in [0.25, 0.3) is 5.91 Å². The molecule has 0 aliphatic carbocycles. The number of carbonyl (C=O) groups excluding carboxylic acids is 1. The Bertz CT molecular complexity index is 817.